The van der Waals surface area contributed by atoms with Gasteiger partial charge in [-0.2, -0.15) is 0 Å². The molecule has 0 radical (unpaired) electrons. The zero-order valence-corrected chi connectivity index (χ0v) is 22.6. The normalized spacial score (nSPS) is 11.5. The number of para-hydroxylation sites is 1. The van der Waals surface area contributed by atoms with Crippen molar-refractivity contribution in [2.75, 3.05) is 4.90 Å². The van der Waals surface area contributed by atoms with E-state index in [9.17, 15) is 0 Å². The Kier molecular flexibility index (Phi) is 5.39. The van der Waals surface area contributed by atoms with Gasteiger partial charge in [-0.25, -0.2) is 0 Å². The average molecular weight is 528 g/mol. The van der Waals surface area contributed by atoms with Crippen LogP contribution < -0.4 is 4.90 Å². The fourth-order valence-corrected chi connectivity index (χ4v) is 7.20. The van der Waals surface area contributed by atoms with Crippen LogP contribution in [-0.2, 0) is 0 Å². The summed E-state index contributed by atoms with van der Waals surface area (Å²) >= 11 is 1.89. The van der Waals surface area contributed by atoms with Gasteiger partial charge in [-0.1, -0.05) is 115 Å². The van der Waals surface area contributed by atoms with Crippen molar-refractivity contribution in [3.63, 3.8) is 0 Å². The van der Waals surface area contributed by atoms with E-state index in [2.05, 4.69) is 157 Å². The van der Waals surface area contributed by atoms with Crippen LogP contribution >= 0.6 is 11.3 Å². The Hall–Kier alpha value is -4.92. The monoisotopic (exact) mass is 527 g/mol. The molecule has 1 aromatic heterocycles. The molecule has 0 fully saturated rings. The molecular weight excluding hydrogens is 502 g/mol. The Morgan fingerprint density at radius 1 is 0.375 bits per heavy atom. The molecule has 188 valence electrons. The lowest BCUT2D eigenvalue weighted by Gasteiger charge is -2.26. The van der Waals surface area contributed by atoms with Gasteiger partial charge in [0.2, 0.25) is 0 Å². The fraction of sp³-hybridized carbons (Fsp3) is 0. The van der Waals surface area contributed by atoms with Crippen molar-refractivity contribution >= 4 is 70.1 Å². The van der Waals surface area contributed by atoms with Crippen LogP contribution in [0.4, 0.5) is 17.1 Å². The quantitative estimate of drug-likeness (QED) is 0.220. The van der Waals surface area contributed by atoms with E-state index in [1.165, 1.54) is 58.5 Å². The topological polar surface area (TPSA) is 3.24 Å². The number of nitrogens with zero attached hydrogens (tertiary/aromatic N) is 1. The van der Waals surface area contributed by atoms with Gasteiger partial charge in [-0.15, -0.1) is 11.3 Å². The Bertz CT molecular complexity index is 2160. The van der Waals surface area contributed by atoms with Gasteiger partial charge in [0.05, 0.1) is 10.4 Å². The Labute approximate surface area is 237 Å². The average Bonchev–Trinajstić information content (AvgIpc) is 3.42. The molecule has 0 saturated carbocycles. The molecule has 0 aliphatic rings. The first-order valence-electron chi connectivity index (χ1n) is 13.6. The van der Waals surface area contributed by atoms with Crippen LogP contribution in [0.3, 0.4) is 0 Å². The summed E-state index contributed by atoms with van der Waals surface area (Å²) in [6.07, 6.45) is 0. The number of hydrogen-bond donors (Lipinski definition) is 0. The first-order valence-corrected chi connectivity index (χ1v) is 14.4. The number of fused-ring (bicyclic) bond motifs is 6. The van der Waals surface area contributed by atoms with Crippen LogP contribution in [0.15, 0.2) is 152 Å². The molecule has 1 heterocycles. The summed E-state index contributed by atoms with van der Waals surface area (Å²) in [7, 11) is 0. The van der Waals surface area contributed by atoms with Crippen molar-refractivity contribution in [1.82, 2.24) is 0 Å². The third-order valence-electron chi connectivity index (χ3n) is 7.83. The van der Waals surface area contributed by atoms with Crippen LogP contribution in [0.25, 0.3) is 52.8 Å². The maximum Gasteiger partial charge on any atom is 0.0640 e. The second kappa shape index (κ2) is 9.37. The van der Waals surface area contributed by atoms with Gasteiger partial charge in [-0.3, -0.25) is 0 Å². The summed E-state index contributed by atoms with van der Waals surface area (Å²) < 4.78 is 2.65. The van der Waals surface area contributed by atoms with Crippen molar-refractivity contribution < 1.29 is 0 Å². The van der Waals surface area contributed by atoms with Gasteiger partial charge >= 0.3 is 0 Å². The summed E-state index contributed by atoms with van der Waals surface area (Å²) in [5.74, 6) is 0. The molecule has 0 aliphatic carbocycles. The molecule has 0 atom stereocenters. The number of anilines is 3. The predicted octanol–water partition coefficient (Wildman–Crippen LogP) is 11.5. The number of rotatable bonds is 4. The van der Waals surface area contributed by atoms with Crippen molar-refractivity contribution in [2.45, 2.75) is 0 Å². The van der Waals surface area contributed by atoms with E-state index in [1.54, 1.807) is 0 Å². The molecule has 0 spiro atoms. The molecule has 0 amide bonds. The summed E-state index contributed by atoms with van der Waals surface area (Å²) in [6.45, 7) is 0. The van der Waals surface area contributed by atoms with Crippen molar-refractivity contribution in [3.8, 4) is 11.1 Å². The highest BCUT2D eigenvalue weighted by atomic mass is 32.1. The largest absolute Gasteiger partial charge is 0.309 e. The number of benzene rings is 7. The minimum atomic E-state index is 1.14. The molecule has 8 rings (SSSR count). The molecule has 0 unspecified atom stereocenters. The minimum absolute atomic E-state index is 1.14. The Morgan fingerprint density at radius 3 is 1.85 bits per heavy atom. The van der Waals surface area contributed by atoms with Crippen molar-refractivity contribution in [1.29, 1.82) is 0 Å². The van der Waals surface area contributed by atoms with E-state index >= 15 is 0 Å². The summed E-state index contributed by atoms with van der Waals surface area (Å²) in [4.78, 5) is 2.39. The zero-order valence-electron chi connectivity index (χ0n) is 21.8. The van der Waals surface area contributed by atoms with Crippen LogP contribution in [0.1, 0.15) is 0 Å². The molecule has 0 bridgehead atoms. The van der Waals surface area contributed by atoms with Gasteiger partial charge in [-0.05, 0) is 69.1 Å². The lowest BCUT2D eigenvalue weighted by Crippen LogP contribution is -2.09. The Morgan fingerprint density at radius 2 is 1.00 bits per heavy atom. The third kappa shape index (κ3) is 3.77. The second-order valence-corrected chi connectivity index (χ2v) is 11.2. The standard InChI is InChI=1S/C38H25NS/c1-2-12-31(13-3-1)39(32-22-19-27(20-23-32)30-18-17-26-9-4-5-11-29(26)25-30)36-16-8-15-34-35-24-21-28-10-6-7-14-33(28)37(35)40-38(34)36/h1-25H. The summed E-state index contributed by atoms with van der Waals surface area (Å²) in [6, 6.07) is 54.9. The van der Waals surface area contributed by atoms with Gasteiger partial charge in [0.15, 0.2) is 0 Å². The first-order chi connectivity index (χ1) is 19.8. The van der Waals surface area contributed by atoms with Gasteiger partial charge in [0, 0.05) is 26.8 Å². The number of hydrogen-bond acceptors (Lipinski definition) is 2. The number of thiophene rings is 1. The zero-order chi connectivity index (χ0) is 26.5. The maximum absolute atomic E-state index is 2.39. The SMILES string of the molecule is c1ccc(N(c2ccc(-c3ccc4ccccc4c3)cc2)c2cccc3c2sc2c4ccccc4ccc32)cc1. The smallest absolute Gasteiger partial charge is 0.0640 e. The fourth-order valence-electron chi connectivity index (χ4n) is 5.86. The van der Waals surface area contributed by atoms with E-state index in [0.29, 0.717) is 0 Å². The minimum Gasteiger partial charge on any atom is -0.309 e. The highest BCUT2D eigenvalue weighted by Crippen LogP contribution is 2.46. The highest BCUT2D eigenvalue weighted by molar-refractivity contribution is 7.27. The molecule has 0 aliphatic heterocycles. The molecule has 0 saturated heterocycles. The van der Waals surface area contributed by atoms with E-state index < -0.39 is 0 Å². The van der Waals surface area contributed by atoms with E-state index in [4.69, 9.17) is 0 Å². The van der Waals surface area contributed by atoms with E-state index in [1.807, 2.05) is 11.3 Å². The predicted molar refractivity (Wildman–Crippen MR) is 174 cm³/mol. The van der Waals surface area contributed by atoms with Crippen LogP contribution in [0, 0.1) is 0 Å². The lowest BCUT2D eigenvalue weighted by molar-refractivity contribution is 1.30. The molecule has 2 heteroatoms. The van der Waals surface area contributed by atoms with Crippen LogP contribution in [-0.4, -0.2) is 0 Å². The van der Waals surface area contributed by atoms with Crippen LogP contribution in [0.5, 0.6) is 0 Å². The van der Waals surface area contributed by atoms with Gasteiger partial charge in [0.25, 0.3) is 0 Å². The molecule has 0 N–H and O–H groups in total. The molecule has 7 aromatic carbocycles. The van der Waals surface area contributed by atoms with Gasteiger partial charge in [0.1, 0.15) is 0 Å². The van der Waals surface area contributed by atoms with Crippen LogP contribution in [0.2, 0.25) is 0 Å². The van der Waals surface area contributed by atoms with Gasteiger partial charge < -0.3 is 4.90 Å². The first kappa shape index (κ1) is 23.0. The van der Waals surface area contributed by atoms with Crippen molar-refractivity contribution in [2.24, 2.45) is 0 Å². The molecule has 8 aromatic rings. The van der Waals surface area contributed by atoms with E-state index in [-0.39, 0.29) is 0 Å². The maximum atomic E-state index is 2.39. The second-order valence-electron chi connectivity index (χ2n) is 10.2. The lowest BCUT2D eigenvalue weighted by atomic mass is 10.0. The van der Waals surface area contributed by atoms with Crippen molar-refractivity contribution in [3.05, 3.63) is 152 Å². The summed E-state index contributed by atoms with van der Waals surface area (Å²) in [5.41, 5.74) is 5.94. The Balaban J connectivity index is 1.30. The third-order valence-corrected chi connectivity index (χ3v) is 9.11. The highest BCUT2D eigenvalue weighted by Gasteiger charge is 2.18. The molecular formula is C38H25NS. The molecule has 40 heavy (non-hydrogen) atoms. The van der Waals surface area contributed by atoms with E-state index in [0.717, 1.165) is 11.4 Å². The summed E-state index contributed by atoms with van der Waals surface area (Å²) in [5, 5.41) is 7.75. The molecule has 1 nitrogen and oxygen atoms in total.